The van der Waals surface area contributed by atoms with Crippen LogP contribution in [-0.2, 0) is 10.0 Å². The predicted molar refractivity (Wildman–Crippen MR) is 90.1 cm³/mol. The number of rotatable bonds is 10. The molecular weight excluding hydrogens is 288 g/mol. The van der Waals surface area contributed by atoms with Crippen molar-refractivity contribution in [2.24, 2.45) is 10.9 Å². The van der Waals surface area contributed by atoms with Crippen molar-refractivity contribution in [1.29, 1.82) is 0 Å². The molecule has 126 valence electrons. The Morgan fingerprint density at radius 3 is 2.38 bits per heavy atom. The van der Waals surface area contributed by atoms with Gasteiger partial charge in [-0.05, 0) is 39.0 Å². The summed E-state index contributed by atoms with van der Waals surface area (Å²) in [6, 6.07) is 0.374. The van der Waals surface area contributed by atoms with Crippen LogP contribution in [0.1, 0.15) is 47.0 Å². The summed E-state index contributed by atoms with van der Waals surface area (Å²) in [4.78, 5) is 4.46. The summed E-state index contributed by atoms with van der Waals surface area (Å²) in [7, 11) is -3.10. The minimum Gasteiger partial charge on any atom is -0.357 e. The van der Waals surface area contributed by atoms with Gasteiger partial charge < -0.3 is 10.6 Å². The molecule has 0 aromatic heterocycles. The summed E-state index contributed by atoms with van der Waals surface area (Å²) >= 11 is 0. The number of nitrogens with zero attached hydrogens (tertiary/aromatic N) is 1. The third kappa shape index (κ3) is 13.9. The number of aliphatic imine (C=N–C) groups is 1. The molecular formula is C14H32N4O2S. The zero-order valence-corrected chi connectivity index (χ0v) is 14.9. The molecule has 21 heavy (non-hydrogen) atoms. The zero-order chi connectivity index (χ0) is 16.3. The van der Waals surface area contributed by atoms with Crippen molar-refractivity contribution < 1.29 is 8.42 Å². The molecule has 7 heteroatoms. The molecule has 0 saturated heterocycles. The smallest absolute Gasteiger partial charge is 0.208 e. The second kappa shape index (κ2) is 10.8. The van der Waals surface area contributed by atoms with E-state index in [1.54, 1.807) is 0 Å². The van der Waals surface area contributed by atoms with Crippen molar-refractivity contribution in [3.05, 3.63) is 0 Å². The maximum Gasteiger partial charge on any atom is 0.208 e. The van der Waals surface area contributed by atoms with Crippen LogP contribution in [-0.4, -0.2) is 46.3 Å². The number of nitrogens with one attached hydrogen (secondary N) is 3. The molecule has 0 saturated carbocycles. The molecule has 0 aliphatic carbocycles. The van der Waals surface area contributed by atoms with Crippen molar-refractivity contribution in [2.75, 3.05) is 25.9 Å². The molecule has 0 aromatic rings. The number of guanidine groups is 1. The second-order valence-corrected chi connectivity index (χ2v) is 7.63. The molecule has 1 atom stereocenters. The van der Waals surface area contributed by atoms with E-state index in [9.17, 15) is 8.42 Å². The van der Waals surface area contributed by atoms with Crippen LogP contribution in [0, 0.1) is 5.92 Å². The molecule has 0 amide bonds. The summed E-state index contributed by atoms with van der Waals surface area (Å²) < 4.78 is 24.3. The molecule has 3 N–H and O–H groups in total. The minimum absolute atomic E-state index is 0.374. The van der Waals surface area contributed by atoms with E-state index in [-0.39, 0.29) is 0 Å². The number of hydrogen-bond donors (Lipinski definition) is 3. The fourth-order valence-corrected chi connectivity index (χ4v) is 2.25. The van der Waals surface area contributed by atoms with E-state index in [0.29, 0.717) is 31.5 Å². The molecule has 0 rings (SSSR count). The van der Waals surface area contributed by atoms with Gasteiger partial charge in [0.15, 0.2) is 5.96 Å². The van der Waals surface area contributed by atoms with Crippen LogP contribution < -0.4 is 15.4 Å². The highest BCUT2D eigenvalue weighted by molar-refractivity contribution is 7.88. The van der Waals surface area contributed by atoms with E-state index >= 15 is 0 Å². The third-order valence-electron chi connectivity index (χ3n) is 2.87. The van der Waals surface area contributed by atoms with Crippen molar-refractivity contribution in [1.82, 2.24) is 15.4 Å². The minimum atomic E-state index is -3.10. The molecule has 0 aliphatic rings. The van der Waals surface area contributed by atoms with Crippen LogP contribution in [0.2, 0.25) is 0 Å². The Hall–Kier alpha value is -0.820. The van der Waals surface area contributed by atoms with E-state index < -0.39 is 10.0 Å². The van der Waals surface area contributed by atoms with E-state index in [4.69, 9.17) is 0 Å². The lowest BCUT2D eigenvalue weighted by molar-refractivity contribution is 0.489. The summed E-state index contributed by atoms with van der Waals surface area (Å²) in [6.45, 7) is 10.5. The van der Waals surface area contributed by atoms with Gasteiger partial charge in [-0.15, -0.1) is 0 Å². The van der Waals surface area contributed by atoms with Crippen LogP contribution in [0.5, 0.6) is 0 Å². The van der Waals surface area contributed by atoms with Crippen molar-refractivity contribution >= 4 is 16.0 Å². The normalized spacial score (nSPS) is 14.3. The van der Waals surface area contributed by atoms with Gasteiger partial charge in [-0.2, -0.15) is 0 Å². The molecule has 6 nitrogen and oxygen atoms in total. The zero-order valence-electron chi connectivity index (χ0n) is 14.1. The van der Waals surface area contributed by atoms with Gasteiger partial charge in [0.1, 0.15) is 0 Å². The lowest BCUT2D eigenvalue weighted by atomic mass is 10.0. The number of sulfonamides is 1. The average Bonchev–Trinajstić information content (AvgIpc) is 2.34. The predicted octanol–water partition coefficient (Wildman–Crippen LogP) is 1.31. The molecule has 0 radical (unpaired) electrons. The van der Waals surface area contributed by atoms with E-state index in [0.717, 1.165) is 25.2 Å². The summed E-state index contributed by atoms with van der Waals surface area (Å²) in [5.74, 6) is 1.50. The summed E-state index contributed by atoms with van der Waals surface area (Å²) in [6.07, 6.45) is 4.14. The van der Waals surface area contributed by atoms with E-state index in [1.807, 2.05) is 6.92 Å². The van der Waals surface area contributed by atoms with Gasteiger partial charge in [0.2, 0.25) is 10.0 Å². The standard InChI is InChI=1S/C14H32N4O2S/c1-6-15-14(18-13(4)9-8-12(2)3)16-10-7-11-17-21(5,19)20/h12-13,17H,6-11H2,1-5H3,(H2,15,16,18). The SMILES string of the molecule is CCNC(=NCCCNS(C)(=O)=O)NC(C)CCC(C)C. The Labute approximate surface area is 130 Å². The Morgan fingerprint density at radius 1 is 1.19 bits per heavy atom. The lowest BCUT2D eigenvalue weighted by Crippen LogP contribution is -2.42. The maximum atomic E-state index is 10.9. The highest BCUT2D eigenvalue weighted by Crippen LogP contribution is 2.06. The average molecular weight is 321 g/mol. The third-order valence-corrected chi connectivity index (χ3v) is 3.60. The van der Waals surface area contributed by atoms with Gasteiger partial charge in [-0.1, -0.05) is 13.8 Å². The van der Waals surface area contributed by atoms with Crippen LogP contribution >= 0.6 is 0 Å². The molecule has 0 heterocycles. The lowest BCUT2D eigenvalue weighted by Gasteiger charge is -2.18. The molecule has 0 bridgehead atoms. The largest absolute Gasteiger partial charge is 0.357 e. The monoisotopic (exact) mass is 320 g/mol. The molecule has 0 aliphatic heterocycles. The molecule has 1 unspecified atom stereocenters. The highest BCUT2D eigenvalue weighted by atomic mass is 32.2. The van der Waals surface area contributed by atoms with Gasteiger partial charge in [-0.3, -0.25) is 4.99 Å². The van der Waals surface area contributed by atoms with E-state index in [2.05, 4.69) is 41.1 Å². The first kappa shape index (κ1) is 20.2. The Morgan fingerprint density at radius 2 is 1.86 bits per heavy atom. The Balaban J connectivity index is 4.11. The van der Waals surface area contributed by atoms with Crippen LogP contribution in [0.3, 0.4) is 0 Å². The Kier molecular flexibility index (Phi) is 10.4. The van der Waals surface area contributed by atoms with Gasteiger partial charge in [0, 0.05) is 25.7 Å². The van der Waals surface area contributed by atoms with Gasteiger partial charge in [0.05, 0.1) is 6.26 Å². The second-order valence-electron chi connectivity index (χ2n) is 5.80. The van der Waals surface area contributed by atoms with Gasteiger partial charge in [0.25, 0.3) is 0 Å². The van der Waals surface area contributed by atoms with Crippen molar-refractivity contribution in [2.45, 2.75) is 53.0 Å². The summed E-state index contributed by atoms with van der Waals surface area (Å²) in [5, 5.41) is 6.59. The quantitative estimate of drug-likeness (QED) is 0.322. The first-order valence-electron chi connectivity index (χ1n) is 7.74. The number of hydrogen-bond acceptors (Lipinski definition) is 3. The van der Waals surface area contributed by atoms with Gasteiger partial charge >= 0.3 is 0 Å². The van der Waals surface area contributed by atoms with Crippen LogP contribution in [0.25, 0.3) is 0 Å². The fraction of sp³-hybridized carbons (Fsp3) is 0.929. The molecule has 0 spiro atoms. The van der Waals surface area contributed by atoms with Crippen LogP contribution in [0.4, 0.5) is 0 Å². The van der Waals surface area contributed by atoms with E-state index in [1.165, 1.54) is 6.42 Å². The maximum absolute atomic E-state index is 10.9. The molecule has 0 fully saturated rings. The highest BCUT2D eigenvalue weighted by Gasteiger charge is 2.06. The molecule has 0 aromatic carbocycles. The first-order valence-corrected chi connectivity index (χ1v) is 9.63. The van der Waals surface area contributed by atoms with Gasteiger partial charge in [-0.25, -0.2) is 13.1 Å². The fourth-order valence-electron chi connectivity index (χ4n) is 1.74. The topological polar surface area (TPSA) is 82.6 Å². The van der Waals surface area contributed by atoms with Crippen LogP contribution in [0.15, 0.2) is 4.99 Å². The first-order chi connectivity index (χ1) is 9.74. The van der Waals surface area contributed by atoms with Crippen molar-refractivity contribution in [3.63, 3.8) is 0 Å². The summed E-state index contributed by atoms with van der Waals surface area (Å²) in [5.41, 5.74) is 0. The Bertz CT molecular complexity index is 394. The van der Waals surface area contributed by atoms with Crippen molar-refractivity contribution in [3.8, 4) is 0 Å².